The van der Waals surface area contributed by atoms with Gasteiger partial charge in [0.1, 0.15) is 18.6 Å². The van der Waals surface area contributed by atoms with E-state index in [1.165, 1.54) is 16.7 Å². The van der Waals surface area contributed by atoms with Crippen LogP contribution in [0.5, 0.6) is 0 Å². The second-order valence-electron chi connectivity index (χ2n) is 6.53. The highest BCUT2D eigenvalue weighted by molar-refractivity contribution is 7.98. The molecule has 3 atom stereocenters. The molecule has 0 aromatic heterocycles. The van der Waals surface area contributed by atoms with Gasteiger partial charge in [0, 0.05) is 6.54 Å². The fraction of sp³-hybridized carbons (Fsp3) is 0.765. The van der Waals surface area contributed by atoms with Crippen LogP contribution in [-0.4, -0.2) is 88.9 Å². The van der Waals surface area contributed by atoms with Crippen molar-refractivity contribution >= 4 is 47.2 Å². The topological polar surface area (TPSA) is 142 Å². The summed E-state index contributed by atoms with van der Waals surface area (Å²) in [5.41, 5.74) is 5.97. The zero-order valence-corrected chi connectivity index (χ0v) is 17.9. The van der Waals surface area contributed by atoms with Gasteiger partial charge in [0.15, 0.2) is 0 Å². The van der Waals surface area contributed by atoms with Crippen molar-refractivity contribution < 1.29 is 24.3 Å². The standard InChI is InChI=1S/C17H30N4O5S2/c1-27-8-5-11(18)17(26)21-7-3-4-13(21)16(25)20-12(6-9-28-2)15(24)19-10-14(22)23/h11-13H,3-10,18H2,1-2H3,(H,19,24)(H,20,25)(H,22,23). The fourth-order valence-corrected chi connectivity index (χ4v) is 3.90. The Labute approximate surface area is 173 Å². The van der Waals surface area contributed by atoms with E-state index in [1.54, 1.807) is 11.8 Å². The molecule has 5 N–H and O–H groups in total. The predicted octanol–water partition coefficient (Wildman–Crippen LogP) is -0.503. The summed E-state index contributed by atoms with van der Waals surface area (Å²) in [5.74, 6) is -0.967. The average molecular weight is 435 g/mol. The van der Waals surface area contributed by atoms with E-state index >= 15 is 0 Å². The van der Waals surface area contributed by atoms with Gasteiger partial charge in [-0.25, -0.2) is 0 Å². The maximum absolute atomic E-state index is 12.8. The van der Waals surface area contributed by atoms with E-state index in [9.17, 15) is 19.2 Å². The summed E-state index contributed by atoms with van der Waals surface area (Å²) in [6.07, 6.45) is 5.93. The van der Waals surface area contributed by atoms with Gasteiger partial charge >= 0.3 is 5.97 Å². The van der Waals surface area contributed by atoms with Crippen molar-refractivity contribution in [1.29, 1.82) is 0 Å². The first kappa shape index (κ1) is 24.6. The van der Waals surface area contributed by atoms with Crippen molar-refractivity contribution in [3.8, 4) is 0 Å². The minimum Gasteiger partial charge on any atom is -0.480 e. The summed E-state index contributed by atoms with van der Waals surface area (Å²) in [6, 6.07) is -2.15. The highest BCUT2D eigenvalue weighted by Gasteiger charge is 2.37. The third-order valence-corrected chi connectivity index (χ3v) is 5.73. The molecule has 11 heteroatoms. The zero-order valence-electron chi connectivity index (χ0n) is 16.3. The van der Waals surface area contributed by atoms with Crippen molar-refractivity contribution in [2.45, 2.75) is 43.8 Å². The van der Waals surface area contributed by atoms with Crippen molar-refractivity contribution in [3.05, 3.63) is 0 Å². The molecule has 0 radical (unpaired) electrons. The number of hydrogen-bond acceptors (Lipinski definition) is 7. The van der Waals surface area contributed by atoms with Gasteiger partial charge in [-0.05, 0) is 49.7 Å². The van der Waals surface area contributed by atoms with Gasteiger partial charge in [0.25, 0.3) is 0 Å². The molecular formula is C17H30N4O5S2. The van der Waals surface area contributed by atoms with Crippen molar-refractivity contribution in [3.63, 3.8) is 0 Å². The number of carbonyl (C=O) groups excluding carboxylic acids is 3. The molecule has 1 rings (SSSR count). The number of nitrogens with two attached hydrogens (primary N) is 1. The summed E-state index contributed by atoms with van der Waals surface area (Å²) < 4.78 is 0. The first-order valence-corrected chi connectivity index (χ1v) is 11.9. The molecular weight excluding hydrogens is 404 g/mol. The molecule has 1 fully saturated rings. The minimum atomic E-state index is -1.16. The Morgan fingerprint density at radius 3 is 2.43 bits per heavy atom. The lowest BCUT2D eigenvalue weighted by Crippen LogP contribution is -2.55. The number of likely N-dealkylation sites (tertiary alicyclic amines) is 1. The van der Waals surface area contributed by atoms with Gasteiger partial charge in [0.05, 0.1) is 6.04 Å². The molecule has 3 amide bonds. The molecule has 1 aliphatic rings. The number of aliphatic carboxylic acids is 1. The zero-order chi connectivity index (χ0) is 21.1. The lowest BCUT2D eigenvalue weighted by Gasteiger charge is -2.28. The summed E-state index contributed by atoms with van der Waals surface area (Å²) in [4.78, 5) is 49.8. The van der Waals surface area contributed by atoms with Crippen molar-refractivity contribution in [2.24, 2.45) is 5.73 Å². The molecule has 0 aromatic carbocycles. The Morgan fingerprint density at radius 2 is 1.82 bits per heavy atom. The highest BCUT2D eigenvalue weighted by Crippen LogP contribution is 2.19. The molecule has 28 heavy (non-hydrogen) atoms. The highest BCUT2D eigenvalue weighted by atomic mass is 32.2. The van der Waals surface area contributed by atoms with Gasteiger partial charge in [-0.2, -0.15) is 23.5 Å². The number of carboxylic acids is 1. The maximum Gasteiger partial charge on any atom is 0.322 e. The molecule has 1 heterocycles. The van der Waals surface area contributed by atoms with Crippen LogP contribution in [0.25, 0.3) is 0 Å². The average Bonchev–Trinajstić information content (AvgIpc) is 3.16. The molecule has 0 saturated carbocycles. The molecule has 9 nitrogen and oxygen atoms in total. The second-order valence-corrected chi connectivity index (χ2v) is 8.50. The van der Waals surface area contributed by atoms with Crippen LogP contribution in [0, 0.1) is 0 Å². The smallest absolute Gasteiger partial charge is 0.322 e. The minimum absolute atomic E-state index is 0.248. The summed E-state index contributed by atoms with van der Waals surface area (Å²) >= 11 is 3.12. The lowest BCUT2D eigenvalue weighted by atomic mass is 10.1. The Morgan fingerprint density at radius 1 is 1.18 bits per heavy atom. The van der Waals surface area contributed by atoms with Gasteiger partial charge < -0.3 is 26.4 Å². The first-order valence-electron chi connectivity index (χ1n) is 9.15. The number of rotatable bonds is 12. The van der Waals surface area contributed by atoms with Gasteiger partial charge in [-0.1, -0.05) is 0 Å². The van der Waals surface area contributed by atoms with E-state index in [0.29, 0.717) is 38.0 Å². The first-order chi connectivity index (χ1) is 13.3. The van der Waals surface area contributed by atoms with Crippen molar-refractivity contribution in [2.75, 3.05) is 37.1 Å². The SMILES string of the molecule is CSCCC(N)C(=O)N1CCCC1C(=O)NC(CCSC)C(=O)NCC(=O)O. The second kappa shape index (κ2) is 12.9. The molecule has 0 spiro atoms. The summed E-state index contributed by atoms with van der Waals surface area (Å²) in [5, 5.41) is 13.7. The normalized spacial score (nSPS) is 18.4. The van der Waals surface area contributed by atoms with Gasteiger partial charge in [0.2, 0.25) is 17.7 Å². The van der Waals surface area contributed by atoms with Crippen LogP contribution < -0.4 is 16.4 Å². The number of carbonyl (C=O) groups is 4. The van der Waals surface area contributed by atoms with Crippen LogP contribution >= 0.6 is 23.5 Å². The van der Waals surface area contributed by atoms with E-state index in [1.807, 2.05) is 12.5 Å². The van der Waals surface area contributed by atoms with E-state index in [-0.39, 0.29) is 5.91 Å². The number of hydrogen-bond donors (Lipinski definition) is 4. The molecule has 3 unspecified atom stereocenters. The number of nitrogens with one attached hydrogen (secondary N) is 2. The number of carboxylic acid groups (broad SMARTS) is 1. The van der Waals surface area contributed by atoms with E-state index in [0.717, 1.165) is 5.75 Å². The van der Waals surface area contributed by atoms with Crippen molar-refractivity contribution in [1.82, 2.24) is 15.5 Å². The van der Waals surface area contributed by atoms with Crippen LogP contribution in [0.4, 0.5) is 0 Å². The van der Waals surface area contributed by atoms with E-state index < -0.39 is 42.5 Å². The van der Waals surface area contributed by atoms with Crippen LogP contribution in [-0.2, 0) is 19.2 Å². The Kier molecular flexibility index (Phi) is 11.3. The number of thioether (sulfide) groups is 2. The largest absolute Gasteiger partial charge is 0.480 e. The third kappa shape index (κ3) is 7.88. The Hall–Kier alpha value is -1.46. The molecule has 0 bridgehead atoms. The summed E-state index contributed by atoms with van der Waals surface area (Å²) in [7, 11) is 0. The van der Waals surface area contributed by atoms with Gasteiger partial charge in [-0.3, -0.25) is 19.2 Å². The quantitative estimate of drug-likeness (QED) is 0.322. The molecule has 0 aliphatic carbocycles. The number of amides is 3. The fourth-order valence-electron chi connectivity index (χ4n) is 2.94. The predicted molar refractivity (Wildman–Crippen MR) is 111 cm³/mol. The monoisotopic (exact) mass is 434 g/mol. The molecule has 1 saturated heterocycles. The van der Waals surface area contributed by atoms with Crippen LogP contribution in [0.1, 0.15) is 25.7 Å². The Bertz CT molecular complexity index is 564. The maximum atomic E-state index is 12.8. The lowest BCUT2D eigenvalue weighted by molar-refractivity contribution is -0.141. The van der Waals surface area contributed by atoms with E-state index in [2.05, 4.69) is 10.6 Å². The van der Waals surface area contributed by atoms with E-state index in [4.69, 9.17) is 10.8 Å². The third-order valence-electron chi connectivity index (χ3n) is 4.45. The molecule has 0 aromatic rings. The molecule has 1 aliphatic heterocycles. The Balaban J connectivity index is 2.74. The van der Waals surface area contributed by atoms with Crippen LogP contribution in [0.3, 0.4) is 0 Å². The number of nitrogens with zero attached hydrogens (tertiary/aromatic N) is 1. The summed E-state index contributed by atoms with van der Waals surface area (Å²) in [6.45, 7) is -0.0482. The molecule has 160 valence electrons. The van der Waals surface area contributed by atoms with Gasteiger partial charge in [-0.15, -0.1) is 0 Å². The van der Waals surface area contributed by atoms with Crippen LogP contribution in [0.2, 0.25) is 0 Å². The van der Waals surface area contributed by atoms with Crippen LogP contribution in [0.15, 0.2) is 0 Å².